The fourth-order valence-corrected chi connectivity index (χ4v) is 5.61. The molecule has 4 rings (SSSR count). The first-order valence-electron chi connectivity index (χ1n) is 9.11. The summed E-state index contributed by atoms with van der Waals surface area (Å²) in [5.41, 5.74) is 2.41. The van der Waals surface area contributed by atoms with Crippen LogP contribution < -0.4 is 9.64 Å². The molecule has 0 saturated carbocycles. The number of hydrogen-bond acceptors (Lipinski definition) is 4. The number of carbonyl (C=O) groups excluding carboxylic acids is 2. The number of rotatable bonds is 5. The lowest BCUT2D eigenvalue weighted by Gasteiger charge is -2.12. The fourth-order valence-electron chi connectivity index (χ4n) is 2.96. The standard InChI is InChI=1S/C23H14Br2INO3S/c24-18-10-15(11-19(25)21(18)30-13-14-6-8-16(26)9-7-14)12-20-22(28)27(23(29)31-20)17-4-2-1-3-5-17/h1-12H,13H2/b20-12-. The molecule has 1 fully saturated rings. The van der Waals surface area contributed by atoms with E-state index in [1.165, 1.54) is 8.47 Å². The van der Waals surface area contributed by atoms with E-state index in [9.17, 15) is 9.59 Å². The summed E-state index contributed by atoms with van der Waals surface area (Å²) in [6.07, 6.45) is 1.71. The maximum Gasteiger partial charge on any atom is 0.298 e. The average Bonchev–Trinajstić information content (AvgIpc) is 3.02. The van der Waals surface area contributed by atoms with Crippen LogP contribution in [-0.4, -0.2) is 11.1 Å². The lowest BCUT2D eigenvalue weighted by atomic mass is 10.2. The van der Waals surface area contributed by atoms with Crippen LogP contribution in [0.1, 0.15) is 11.1 Å². The Hall–Kier alpha value is -1.62. The molecule has 1 saturated heterocycles. The molecule has 0 bridgehead atoms. The highest BCUT2D eigenvalue weighted by molar-refractivity contribution is 14.1. The van der Waals surface area contributed by atoms with Crippen molar-refractivity contribution in [2.24, 2.45) is 0 Å². The molecule has 31 heavy (non-hydrogen) atoms. The Balaban J connectivity index is 1.54. The first-order chi connectivity index (χ1) is 14.9. The lowest BCUT2D eigenvalue weighted by molar-refractivity contribution is -0.113. The van der Waals surface area contributed by atoms with Gasteiger partial charge in [0.1, 0.15) is 12.4 Å². The predicted octanol–water partition coefficient (Wildman–Crippen LogP) is 7.64. The van der Waals surface area contributed by atoms with E-state index in [-0.39, 0.29) is 11.1 Å². The van der Waals surface area contributed by atoms with Crippen molar-refractivity contribution in [2.45, 2.75) is 6.61 Å². The number of para-hydroxylation sites is 1. The SMILES string of the molecule is O=C1S/C(=C\c2cc(Br)c(OCc3ccc(I)cc3)c(Br)c2)C(=O)N1c1ccccc1. The van der Waals surface area contributed by atoms with Gasteiger partial charge in [0, 0.05) is 3.57 Å². The Labute approximate surface area is 214 Å². The lowest BCUT2D eigenvalue weighted by Crippen LogP contribution is -2.27. The van der Waals surface area contributed by atoms with Crippen LogP contribution in [-0.2, 0) is 11.4 Å². The molecule has 3 aromatic carbocycles. The molecule has 1 aliphatic heterocycles. The van der Waals surface area contributed by atoms with Gasteiger partial charge in [-0.2, -0.15) is 0 Å². The van der Waals surface area contributed by atoms with Gasteiger partial charge in [-0.15, -0.1) is 0 Å². The summed E-state index contributed by atoms with van der Waals surface area (Å²) < 4.78 is 8.65. The zero-order valence-electron chi connectivity index (χ0n) is 15.8. The van der Waals surface area contributed by atoms with Crippen LogP contribution in [0, 0.1) is 3.57 Å². The van der Waals surface area contributed by atoms with Crippen LogP contribution in [0.15, 0.2) is 80.6 Å². The highest BCUT2D eigenvalue weighted by Crippen LogP contribution is 2.39. The molecule has 156 valence electrons. The second kappa shape index (κ2) is 9.89. The molecule has 0 aliphatic carbocycles. The topological polar surface area (TPSA) is 46.6 Å². The van der Waals surface area contributed by atoms with E-state index in [4.69, 9.17) is 4.74 Å². The molecule has 0 radical (unpaired) electrons. The number of anilines is 1. The minimum Gasteiger partial charge on any atom is -0.487 e. The van der Waals surface area contributed by atoms with Gasteiger partial charge in [-0.25, -0.2) is 4.90 Å². The summed E-state index contributed by atoms with van der Waals surface area (Å²) in [5, 5.41) is -0.307. The van der Waals surface area contributed by atoms with Crippen molar-refractivity contribution in [3.63, 3.8) is 0 Å². The summed E-state index contributed by atoms with van der Waals surface area (Å²) in [6.45, 7) is 0.434. The molecular formula is C23H14Br2INO3S. The molecule has 4 nitrogen and oxygen atoms in total. The number of imide groups is 1. The second-order valence-corrected chi connectivity index (χ2v) is 10.5. The quantitative estimate of drug-likeness (QED) is 0.207. The Morgan fingerprint density at radius 1 is 0.968 bits per heavy atom. The zero-order valence-corrected chi connectivity index (χ0v) is 22.0. The summed E-state index contributed by atoms with van der Waals surface area (Å²) in [6, 6.07) is 20.8. The number of carbonyl (C=O) groups is 2. The molecule has 0 unspecified atom stereocenters. The third kappa shape index (κ3) is 5.24. The number of amides is 2. The largest absolute Gasteiger partial charge is 0.487 e. The molecule has 2 amide bonds. The molecule has 8 heteroatoms. The Morgan fingerprint density at radius 2 is 1.61 bits per heavy atom. The van der Waals surface area contributed by atoms with E-state index < -0.39 is 0 Å². The molecule has 0 N–H and O–H groups in total. The van der Waals surface area contributed by atoms with E-state index in [0.717, 1.165) is 31.8 Å². The normalized spacial score (nSPS) is 15.1. The van der Waals surface area contributed by atoms with Gasteiger partial charge in [0.25, 0.3) is 11.1 Å². The maximum atomic E-state index is 12.8. The fraction of sp³-hybridized carbons (Fsp3) is 0.0435. The van der Waals surface area contributed by atoms with Crippen molar-refractivity contribution in [1.82, 2.24) is 0 Å². The maximum absolute atomic E-state index is 12.8. The van der Waals surface area contributed by atoms with E-state index >= 15 is 0 Å². The van der Waals surface area contributed by atoms with Crippen LogP contribution in [0.3, 0.4) is 0 Å². The zero-order chi connectivity index (χ0) is 22.0. The smallest absolute Gasteiger partial charge is 0.298 e. The average molecular weight is 671 g/mol. The molecule has 0 spiro atoms. The van der Waals surface area contributed by atoms with Gasteiger partial charge in [0.15, 0.2) is 0 Å². The van der Waals surface area contributed by atoms with Crippen molar-refractivity contribution >= 4 is 89.1 Å². The summed E-state index contributed by atoms with van der Waals surface area (Å²) >= 11 is 10.3. The van der Waals surface area contributed by atoms with Crippen molar-refractivity contribution in [3.05, 3.63) is 95.3 Å². The second-order valence-electron chi connectivity index (χ2n) is 6.58. The van der Waals surface area contributed by atoms with Gasteiger partial charge in [-0.3, -0.25) is 9.59 Å². The molecule has 3 aromatic rings. The van der Waals surface area contributed by atoms with E-state index in [0.29, 0.717) is 22.9 Å². The Morgan fingerprint density at radius 3 is 2.26 bits per heavy atom. The third-order valence-electron chi connectivity index (χ3n) is 4.42. The van der Waals surface area contributed by atoms with Gasteiger partial charge < -0.3 is 4.74 Å². The molecule has 0 atom stereocenters. The summed E-state index contributed by atoms with van der Waals surface area (Å²) in [4.78, 5) is 26.8. The number of benzene rings is 3. The van der Waals surface area contributed by atoms with Crippen LogP contribution in [0.25, 0.3) is 6.08 Å². The van der Waals surface area contributed by atoms with Crippen molar-refractivity contribution in [1.29, 1.82) is 0 Å². The minimum atomic E-state index is -0.326. The van der Waals surface area contributed by atoms with E-state index in [2.05, 4.69) is 54.5 Å². The van der Waals surface area contributed by atoms with Crippen molar-refractivity contribution in [3.8, 4) is 5.75 Å². The van der Waals surface area contributed by atoms with Gasteiger partial charge in [-0.05, 0) is 120 Å². The third-order valence-corrected chi connectivity index (χ3v) is 7.19. The van der Waals surface area contributed by atoms with Crippen LogP contribution in [0.4, 0.5) is 10.5 Å². The minimum absolute atomic E-state index is 0.307. The molecule has 1 heterocycles. The predicted molar refractivity (Wildman–Crippen MR) is 140 cm³/mol. The highest BCUT2D eigenvalue weighted by Gasteiger charge is 2.36. The van der Waals surface area contributed by atoms with Crippen LogP contribution in [0.5, 0.6) is 5.75 Å². The van der Waals surface area contributed by atoms with Gasteiger partial charge in [0.2, 0.25) is 0 Å². The first-order valence-corrected chi connectivity index (χ1v) is 12.6. The van der Waals surface area contributed by atoms with Crippen molar-refractivity contribution in [2.75, 3.05) is 4.90 Å². The number of hydrogen-bond donors (Lipinski definition) is 0. The Kier molecular flexibility index (Phi) is 7.20. The molecule has 0 aromatic heterocycles. The van der Waals surface area contributed by atoms with Crippen molar-refractivity contribution < 1.29 is 14.3 Å². The van der Waals surface area contributed by atoms with Gasteiger partial charge in [0.05, 0.1) is 19.5 Å². The summed E-state index contributed by atoms with van der Waals surface area (Å²) in [5.74, 6) is 0.348. The van der Waals surface area contributed by atoms with E-state index in [1.54, 1.807) is 30.3 Å². The van der Waals surface area contributed by atoms with Crippen LogP contribution in [0.2, 0.25) is 0 Å². The number of ether oxygens (including phenoxy) is 1. The number of halogens is 3. The number of thioether (sulfide) groups is 1. The highest BCUT2D eigenvalue weighted by atomic mass is 127. The number of nitrogens with zero attached hydrogens (tertiary/aromatic N) is 1. The first kappa shape index (κ1) is 22.6. The van der Waals surface area contributed by atoms with Crippen LogP contribution >= 0.6 is 66.2 Å². The Bertz CT molecular complexity index is 1160. The molecule has 1 aliphatic rings. The van der Waals surface area contributed by atoms with Gasteiger partial charge >= 0.3 is 0 Å². The van der Waals surface area contributed by atoms with E-state index in [1.807, 2.05) is 42.5 Å². The van der Waals surface area contributed by atoms with Gasteiger partial charge in [-0.1, -0.05) is 30.3 Å². The molecular weight excluding hydrogens is 657 g/mol. The summed E-state index contributed by atoms with van der Waals surface area (Å²) in [7, 11) is 0. The monoisotopic (exact) mass is 669 g/mol.